The van der Waals surface area contributed by atoms with Gasteiger partial charge in [0.15, 0.2) is 0 Å². The van der Waals surface area contributed by atoms with Crippen molar-refractivity contribution in [1.29, 1.82) is 0 Å². The molecule has 6 unspecified atom stereocenters. The van der Waals surface area contributed by atoms with Gasteiger partial charge in [0.1, 0.15) is 11.9 Å². The number of amides is 1. The molecule has 9 heteroatoms. The van der Waals surface area contributed by atoms with Crippen LogP contribution in [0.15, 0.2) is 0 Å². The third-order valence-electron chi connectivity index (χ3n) is 14.0. The van der Waals surface area contributed by atoms with Crippen molar-refractivity contribution in [3.05, 3.63) is 0 Å². The molecule has 0 aromatic heterocycles. The van der Waals surface area contributed by atoms with Crippen molar-refractivity contribution < 1.29 is 39.9 Å². The average Bonchev–Trinajstić information content (AvgIpc) is 3.36. The lowest BCUT2D eigenvalue weighted by Crippen LogP contribution is -2.58. The highest BCUT2D eigenvalue weighted by Crippen LogP contribution is 2.57. The highest BCUT2D eigenvalue weighted by atomic mass is 16.6. The summed E-state index contributed by atoms with van der Waals surface area (Å²) in [6.45, 7) is 0.988. The maximum absolute atomic E-state index is 12.2. The van der Waals surface area contributed by atoms with E-state index in [2.05, 4.69) is 0 Å². The first-order valence-electron chi connectivity index (χ1n) is 17.9. The van der Waals surface area contributed by atoms with Crippen LogP contribution < -0.4 is 0 Å². The van der Waals surface area contributed by atoms with E-state index in [0.717, 1.165) is 89.4 Å². The Kier molecular flexibility index (Phi) is 7.27. The fraction of sp³-hybridized carbons (Fsp3) is 0.943. The number of hydrogen-bond acceptors (Lipinski definition) is 8. The van der Waals surface area contributed by atoms with Gasteiger partial charge in [0.2, 0.25) is 0 Å². The molecule has 1 saturated heterocycles. The predicted octanol–water partition coefficient (Wildman–Crippen LogP) is 3.17. The number of aliphatic hydroxyl groups is 5. The van der Waals surface area contributed by atoms with Gasteiger partial charge in [0.05, 0.1) is 29.0 Å². The van der Waals surface area contributed by atoms with Gasteiger partial charge in [-0.2, -0.15) is 0 Å². The zero-order chi connectivity index (χ0) is 30.6. The van der Waals surface area contributed by atoms with Gasteiger partial charge in [-0.25, -0.2) is 4.79 Å². The van der Waals surface area contributed by atoms with E-state index < -0.39 is 17.3 Å². The Hall–Kier alpha value is -1.26. The molecule has 13 fully saturated rings. The quantitative estimate of drug-likeness (QED) is 0.302. The standard InChI is InChI=1S/C15H23NO4.C10H16O2.C10H14O2/c17-12-1-2-16(8-12)14(18)20-13-10-3-9-4-11(13)7-15(19,5-9)6-10;2*11-9-7-1-6-2-8(9)5-10(12,3-6)4-7/h9-13,17,19H,1-8H2;6-9,11-12H,1-5H2;6-8,12H,1-5H2/t9?,10?,11?,12-,13?,15?;;/m0../s1. The second-order valence-corrected chi connectivity index (χ2v) is 17.6. The molecule has 13 rings (SSSR count). The monoisotopic (exact) mass is 615 g/mol. The number of hydrogen-bond donors (Lipinski definition) is 5. The largest absolute Gasteiger partial charge is 0.446 e. The van der Waals surface area contributed by atoms with Crippen molar-refractivity contribution in [2.75, 3.05) is 13.1 Å². The van der Waals surface area contributed by atoms with Gasteiger partial charge in [-0.05, 0) is 144 Å². The first-order chi connectivity index (χ1) is 20.8. The third-order valence-corrected chi connectivity index (χ3v) is 14.0. The fourth-order valence-electron chi connectivity index (χ4n) is 12.9. The molecule has 9 nitrogen and oxygen atoms in total. The number of ether oxygens (including phenoxy) is 1. The molecule has 44 heavy (non-hydrogen) atoms. The second-order valence-electron chi connectivity index (χ2n) is 17.6. The second kappa shape index (κ2) is 10.6. The van der Waals surface area contributed by atoms with Crippen molar-refractivity contribution >= 4 is 11.9 Å². The molecule has 7 atom stereocenters. The average molecular weight is 616 g/mol. The summed E-state index contributed by atoms with van der Waals surface area (Å²) in [4.78, 5) is 25.4. The lowest BCUT2D eigenvalue weighted by Gasteiger charge is -2.57. The summed E-state index contributed by atoms with van der Waals surface area (Å²) in [7, 11) is 0. The molecule has 0 spiro atoms. The predicted molar refractivity (Wildman–Crippen MR) is 159 cm³/mol. The number of β-amino-alcohol motifs (C(OH)–C–C–N with tert-alkyl or cyclic N) is 1. The van der Waals surface area contributed by atoms with Gasteiger partial charge in [0.25, 0.3) is 0 Å². The van der Waals surface area contributed by atoms with E-state index in [-0.39, 0.29) is 35.7 Å². The van der Waals surface area contributed by atoms with Crippen molar-refractivity contribution in [3.8, 4) is 0 Å². The zero-order valence-corrected chi connectivity index (χ0v) is 26.1. The van der Waals surface area contributed by atoms with Gasteiger partial charge in [0, 0.05) is 24.9 Å². The topological polar surface area (TPSA) is 148 Å². The Labute approximate surface area is 260 Å². The Morgan fingerprint density at radius 1 is 0.659 bits per heavy atom. The van der Waals surface area contributed by atoms with E-state index in [1.165, 1.54) is 12.8 Å². The molecule has 0 radical (unpaired) electrons. The molecule has 0 aromatic carbocycles. The molecular formula is C35H53NO8. The summed E-state index contributed by atoms with van der Waals surface area (Å²) in [6, 6.07) is 0. The van der Waals surface area contributed by atoms with E-state index in [1.54, 1.807) is 4.90 Å². The Bertz CT molecular complexity index is 1110. The van der Waals surface area contributed by atoms with E-state index in [0.29, 0.717) is 60.8 Å². The van der Waals surface area contributed by atoms with Gasteiger partial charge in [-0.1, -0.05) is 0 Å². The molecule has 12 bridgehead atoms. The minimum atomic E-state index is -0.483. The third kappa shape index (κ3) is 5.44. The number of likely N-dealkylation sites (tertiary alicyclic amines) is 1. The summed E-state index contributed by atoms with van der Waals surface area (Å²) >= 11 is 0. The normalized spacial score (nSPS) is 55.0. The van der Waals surface area contributed by atoms with Crippen LogP contribution in [0.3, 0.4) is 0 Å². The highest BCUT2D eigenvalue weighted by molar-refractivity contribution is 5.85. The van der Waals surface area contributed by atoms with Gasteiger partial charge < -0.3 is 35.2 Å². The van der Waals surface area contributed by atoms with E-state index in [1.807, 2.05) is 0 Å². The Balaban J connectivity index is 0.000000104. The summed E-state index contributed by atoms with van der Waals surface area (Å²) in [5.41, 5.74) is -1.30. The van der Waals surface area contributed by atoms with Crippen molar-refractivity contribution in [2.24, 2.45) is 53.3 Å². The lowest BCUT2D eigenvalue weighted by atomic mass is 9.53. The fourth-order valence-corrected chi connectivity index (χ4v) is 12.9. The number of ketones is 1. The van der Waals surface area contributed by atoms with E-state index >= 15 is 0 Å². The summed E-state index contributed by atoms with van der Waals surface area (Å²) in [6.07, 6.45) is 14.3. The van der Waals surface area contributed by atoms with Crippen LogP contribution in [0, 0.1) is 53.3 Å². The lowest BCUT2D eigenvalue weighted by molar-refractivity contribution is -0.177. The first kappa shape index (κ1) is 30.1. The summed E-state index contributed by atoms with van der Waals surface area (Å²) < 4.78 is 5.77. The molecule has 1 heterocycles. The minimum Gasteiger partial charge on any atom is -0.446 e. The number of carbonyl (C=O) groups is 2. The molecule has 13 aliphatic rings. The molecule has 12 saturated carbocycles. The highest BCUT2D eigenvalue weighted by Gasteiger charge is 2.57. The zero-order valence-electron chi connectivity index (χ0n) is 26.1. The van der Waals surface area contributed by atoms with E-state index in [9.17, 15) is 35.1 Å². The first-order valence-corrected chi connectivity index (χ1v) is 17.9. The summed E-state index contributed by atoms with van der Waals surface area (Å²) in [5, 5.41) is 50.0. The summed E-state index contributed by atoms with van der Waals surface area (Å²) in [5.74, 6) is 4.41. The van der Waals surface area contributed by atoms with Crippen LogP contribution in [0.25, 0.3) is 0 Å². The number of nitrogens with zero attached hydrogens (tertiary/aromatic N) is 1. The smallest absolute Gasteiger partial charge is 0.410 e. The van der Waals surface area contributed by atoms with E-state index in [4.69, 9.17) is 4.74 Å². The van der Waals surface area contributed by atoms with Crippen LogP contribution in [0.1, 0.15) is 103 Å². The van der Waals surface area contributed by atoms with Gasteiger partial charge in [-0.15, -0.1) is 0 Å². The SMILES string of the molecule is O=C(OC1C2CC3CC1CC(O)(C3)C2)N1CC[C@H](O)C1.O=C1C2CC3CC1CC(O)(C3)C2.OC1C2CC3CC1CC(O)(C3)C2. The number of Topliss-reactive ketones (excluding diaryl/α,β-unsaturated/α-hetero) is 1. The maximum Gasteiger partial charge on any atom is 0.410 e. The molecule has 1 aliphatic heterocycles. The molecule has 5 N–H and O–H groups in total. The van der Waals surface area contributed by atoms with Crippen LogP contribution in [0.5, 0.6) is 0 Å². The molecule has 1 amide bonds. The minimum absolute atomic E-state index is 0.0166. The number of rotatable bonds is 1. The van der Waals surface area contributed by atoms with Crippen LogP contribution in [-0.2, 0) is 9.53 Å². The maximum atomic E-state index is 12.2. The molecule has 246 valence electrons. The van der Waals surface area contributed by atoms with Crippen LogP contribution in [-0.4, -0.2) is 90.5 Å². The van der Waals surface area contributed by atoms with Gasteiger partial charge >= 0.3 is 6.09 Å². The molecule has 0 aromatic rings. The Morgan fingerprint density at radius 2 is 1.11 bits per heavy atom. The van der Waals surface area contributed by atoms with Gasteiger partial charge in [-0.3, -0.25) is 4.79 Å². The van der Waals surface area contributed by atoms with Crippen molar-refractivity contribution in [3.63, 3.8) is 0 Å². The van der Waals surface area contributed by atoms with Crippen LogP contribution in [0.2, 0.25) is 0 Å². The van der Waals surface area contributed by atoms with Crippen LogP contribution >= 0.6 is 0 Å². The Morgan fingerprint density at radius 3 is 1.57 bits per heavy atom. The molecule has 12 aliphatic carbocycles. The van der Waals surface area contributed by atoms with Crippen molar-refractivity contribution in [2.45, 2.75) is 138 Å². The number of carbonyl (C=O) groups excluding carboxylic acids is 2. The van der Waals surface area contributed by atoms with Crippen LogP contribution in [0.4, 0.5) is 4.79 Å². The number of aliphatic hydroxyl groups excluding tert-OH is 2. The van der Waals surface area contributed by atoms with Crippen molar-refractivity contribution in [1.82, 2.24) is 4.90 Å². The molecular weight excluding hydrogens is 562 g/mol.